The molecule has 0 radical (unpaired) electrons. The number of benzene rings is 4. The molecule has 46 heavy (non-hydrogen) atoms. The summed E-state index contributed by atoms with van der Waals surface area (Å²) in [5.74, 6) is 1.72. The van der Waals surface area contributed by atoms with Gasteiger partial charge in [0.2, 0.25) is 0 Å². The maximum atomic E-state index is 6.35. The fourth-order valence-electron chi connectivity index (χ4n) is 7.18. The Morgan fingerprint density at radius 3 is 1.93 bits per heavy atom. The zero-order chi connectivity index (χ0) is 31.8. The van der Waals surface area contributed by atoms with Gasteiger partial charge in [-0.05, 0) is 57.7 Å². The van der Waals surface area contributed by atoms with Crippen molar-refractivity contribution >= 4 is 21.9 Å². The fraction of sp³-hybridized carbons (Fsp3) is 0.220. The van der Waals surface area contributed by atoms with Gasteiger partial charge < -0.3 is 4.42 Å². The number of rotatable bonds is 4. The van der Waals surface area contributed by atoms with Crippen molar-refractivity contribution in [3.8, 4) is 45.4 Å². The van der Waals surface area contributed by atoms with Crippen LogP contribution in [0.3, 0.4) is 0 Å². The lowest BCUT2D eigenvalue weighted by Crippen LogP contribution is -2.42. The van der Waals surface area contributed by atoms with Crippen LogP contribution in [0.15, 0.2) is 114 Å². The molecule has 0 atom stereocenters. The van der Waals surface area contributed by atoms with E-state index in [1.807, 2.05) is 66.9 Å². The van der Waals surface area contributed by atoms with Crippen molar-refractivity contribution < 1.29 is 4.42 Å². The van der Waals surface area contributed by atoms with E-state index in [1.54, 1.807) is 0 Å². The summed E-state index contributed by atoms with van der Waals surface area (Å²) in [6.07, 6.45) is 1.87. The van der Waals surface area contributed by atoms with Gasteiger partial charge >= 0.3 is 0 Å². The summed E-state index contributed by atoms with van der Waals surface area (Å²) in [5, 5.41) is 2.10. The average molecular weight is 601 g/mol. The van der Waals surface area contributed by atoms with Crippen LogP contribution < -0.4 is 0 Å². The van der Waals surface area contributed by atoms with Gasteiger partial charge in [-0.3, -0.25) is 4.98 Å². The lowest BCUT2D eigenvalue weighted by Gasteiger charge is -2.44. The normalized spacial score (nSPS) is 16.1. The first-order valence-corrected chi connectivity index (χ1v) is 15.9. The first-order valence-electron chi connectivity index (χ1n) is 15.9. The summed E-state index contributed by atoms with van der Waals surface area (Å²) in [7, 11) is 0. The van der Waals surface area contributed by atoms with Gasteiger partial charge in [0, 0.05) is 33.7 Å². The zero-order valence-electron chi connectivity index (χ0n) is 27.1. The van der Waals surface area contributed by atoms with Gasteiger partial charge in [0.25, 0.3) is 0 Å². The maximum Gasteiger partial charge on any atom is 0.167 e. The Labute approximate surface area is 269 Å². The van der Waals surface area contributed by atoms with E-state index in [1.165, 1.54) is 11.1 Å². The van der Waals surface area contributed by atoms with Crippen molar-refractivity contribution in [2.75, 3.05) is 0 Å². The molecule has 3 heterocycles. The molecular formula is C41H36N4O. The number of fused-ring (bicyclic) bond motifs is 4. The average Bonchev–Trinajstić information content (AvgIpc) is 3.51. The second-order valence-corrected chi connectivity index (χ2v) is 14.0. The number of hydrogen-bond acceptors (Lipinski definition) is 5. The van der Waals surface area contributed by atoms with Crippen LogP contribution in [0.4, 0.5) is 0 Å². The number of aromatic nitrogens is 4. The van der Waals surface area contributed by atoms with E-state index >= 15 is 0 Å². The number of hydrogen-bond donors (Lipinski definition) is 0. The van der Waals surface area contributed by atoms with Crippen molar-refractivity contribution in [1.29, 1.82) is 0 Å². The van der Waals surface area contributed by atoms with E-state index in [9.17, 15) is 0 Å². The van der Waals surface area contributed by atoms with E-state index < -0.39 is 0 Å². The van der Waals surface area contributed by atoms with Crippen LogP contribution in [-0.2, 0) is 10.8 Å². The van der Waals surface area contributed by atoms with Crippen LogP contribution in [0.1, 0.15) is 52.7 Å². The third-order valence-electron chi connectivity index (χ3n) is 11.1. The van der Waals surface area contributed by atoms with Gasteiger partial charge in [-0.15, -0.1) is 0 Å². The minimum atomic E-state index is 0.0274. The van der Waals surface area contributed by atoms with Crippen molar-refractivity contribution in [1.82, 2.24) is 19.9 Å². The monoisotopic (exact) mass is 600 g/mol. The molecule has 0 fully saturated rings. The van der Waals surface area contributed by atoms with Gasteiger partial charge in [-0.1, -0.05) is 114 Å². The Hall–Kier alpha value is -5.16. The molecule has 0 N–H and O–H groups in total. The van der Waals surface area contributed by atoms with E-state index in [2.05, 4.69) is 84.0 Å². The third-order valence-corrected chi connectivity index (χ3v) is 11.1. The molecule has 4 aromatic carbocycles. The summed E-state index contributed by atoms with van der Waals surface area (Å²) in [5.41, 5.74) is 9.24. The van der Waals surface area contributed by atoms with Crippen LogP contribution >= 0.6 is 0 Å². The molecule has 0 spiro atoms. The summed E-state index contributed by atoms with van der Waals surface area (Å²) in [6.45, 7) is 14.3. The van der Waals surface area contributed by atoms with Crippen molar-refractivity contribution in [3.05, 3.63) is 120 Å². The molecule has 0 aliphatic heterocycles. The van der Waals surface area contributed by atoms with E-state index in [-0.39, 0.29) is 16.2 Å². The molecule has 226 valence electrons. The lowest BCUT2D eigenvalue weighted by molar-refractivity contribution is 0.125. The van der Waals surface area contributed by atoms with Gasteiger partial charge in [-0.25, -0.2) is 15.0 Å². The molecule has 5 heteroatoms. The van der Waals surface area contributed by atoms with Gasteiger partial charge in [-0.2, -0.15) is 0 Å². The smallest absolute Gasteiger partial charge is 0.167 e. The number of furan rings is 1. The Bertz CT molecular complexity index is 2280. The predicted molar refractivity (Wildman–Crippen MR) is 186 cm³/mol. The highest BCUT2D eigenvalue weighted by Crippen LogP contribution is 2.61. The number of nitrogens with zero attached hydrogens (tertiary/aromatic N) is 4. The molecule has 0 saturated heterocycles. The molecule has 3 aromatic heterocycles. The highest BCUT2D eigenvalue weighted by atomic mass is 16.3. The minimum Gasteiger partial charge on any atom is -0.455 e. The highest BCUT2D eigenvalue weighted by Gasteiger charge is 2.56. The molecule has 5 nitrogen and oxygen atoms in total. The number of para-hydroxylation sites is 2. The minimum absolute atomic E-state index is 0.0274. The Balaban J connectivity index is 1.23. The van der Waals surface area contributed by atoms with Crippen LogP contribution in [-0.4, -0.2) is 19.9 Å². The predicted octanol–water partition coefficient (Wildman–Crippen LogP) is 10.4. The van der Waals surface area contributed by atoms with Crippen molar-refractivity contribution in [2.24, 2.45) is 5.41 Å². The summed E-state index contributed by atoms with van der Waals surface area (Å²) < 4.78 is 6.35. The summed E-state index contributed by atoms with van der Waals surface area (Å²) >= 11 is 0. The molecule has 0 unspecified atom stereocenters. The molecule has 1 aliphatic carbocycles. The Morgan fingerprint density at radius 2 is 1.17 bits per heavy atom. The Morgan fingerprint density at radius 1 is 0.522 bits per heavy atom. The lowest BCUT2D eigenvalue weighted by atomic mass is 9.59. The largest absolute Gasteiger partial charge is 0.455 e. The van der Waals surface area contributed by atoms with E-state index in [0.29, 0.717) is 17.5 Å². The first-order chi connectivity index (χ1) is 22.1. The number of pyridine rings is 1. The topological polar surface area (TPSA) is 64.7 Å². The van der Waals surface area contributed by atoms with Crippen LogP contribution in [0, 0.1) is 5.41 Å². The van der Waals surface area contributed by atoms with Crippen LogP contribution in [0.5, 0.6) is 0 Å². The molecular weight excluding hydrogens is 564 g/mol. The second-order valence-electron chi connectivity index (χ2n) is 14.0. The van der Waals surface area contributed by atoms with E-state index in [4.69, 9.17) is 24.4 Å². The quantitative estimate of drug-likeness (QED) is 0.201. The van der Waals surface area contributed by atoms with Crippen LogP contribution in [0.2, 0.25) is 0 Å². The first kappa shape index (κ1) is 28.3. The van der Waals surface area contributed by atoms with E-state index in [0.717, 1.165) is 49.9 Å². The van der Waals surface area contributed by atoms with Crippen LogP contribution in [0.25, 0.3) is 67.4 Å². The molecule has 1 aliphatic rings. The third kappa shape index (κ3) is 4.07. The molecule has 7 aromatic rings. The van der Waals surface area contributed by atoms with Crippen molar-refractivity contribution in [3.63, 3.8) is 0 Å². The molecule has 0 amide bonds. The molecule has 0 bridgehead atoms. The standard InChI is InChI=1S/C41H36N4O/c1-39(2)31-21-19-26(23-32(31)40(3,4)41(39,5)6)33-22-20-27(24-42-33)37-43-36(25-13-8-7-9-14-25)44-38(45-37)30-17-12-16-29-28-15-10-11-18-34(28)46-35(29)30/h7-24H,1-6H3. The molecule has 0 saturated carbocycles. The Kier molecular flexibility index (Phi) is 6.11. The fourth-order valence-corrected chi connectivity index (χ4v) is 7.18. The SMILES string of the molecule is CC1(C)c2ccc(-c3ccc(-c4nc(-c5ccccc5)nc(-c5cccc6c5oc5ccccc56)n4)cn3)cc2C(C)(C)C1(C)C. The van der Waals surface area contributed by atoms with Gasteiger partial charge in [0.15, 0.2) is 17.5 Å². The highest BCUT2D eigenvalue weighted by molar-refractivity contribution is 6.09. The summed E-state index contributed by atoms with van der Waals surface area (Å²) in [6, 6.07) is 35.2. The van der Waals surface area contributed by atoms with Crippen molar-refractivity contribution in [2.45, 2.75) is 52.4 Å². The maximum absolute atomic E-state index is 6.35. The van der Waals surface area contributed by atoms with Gasteiger partial charge in [0.1, 0.15) is 11.2 Å². The molecule has 8 rings (SSSR count). The van der Waals surface area contributed by atoms with Gasteiger partial charge in [0.05, 0.1) is 11.3 Å². The summed E-state index contributed by atoms with van der Waals surface area (Å²) in [4.78, 5) is 19.8. The zero-order valence-corrected chi connectivity index (χ0v) is 27.1. The second kappa shape index (κ2) is 9.92.